The Balaban J connectivity index is 2.00. The van der Waals surface area contributed by atoms with E-state index in [-0.39, 0.29) is 6.04 Å². The summed E-state index contributed by atoms with van der Waals surface area (Å²) < 4.78 is 11.5. The lowest BCUT2D eigenvalue weighted by molar-refractivity contribution is 0.00302. The predicted octanol–water partition coefficient (Wildman–Crippen LogP) is 3.50. The van der Waals surface area contributed by atoms with Crippen molar-refractivity contribution < 1.29 is 19.1 Å². The van der Waals surface area contributed by atoms with Crippen LogP contribution >= 0.6 is 11.8 Å². The van der Waals surface area contributed by atoms with Gasteiger partial charge in [0, 0.05) is 5.75 Å². The van der Waals surface area contributed by atoms with Crippen LogP contribution < -0.4 is 0 Å². The minimum atomic E-state index is -0.584. The number of hydrogen-bond donors (Lipinski definition) is 0. The van der Waals surface area contributed by atoms with Gasteiger partial charge < -0.3 is 14.0 Å². The summed E-state index contributed by atoms with van der Waals surface area (Å²) in [5.74, 6) is 0.0216. The lowest BCUT2D eigenvalue weighted by Gasteiger charge is -2.16. The Labute approximate surface area is 138 Å². The lowest BCUT2D eigenvalue weighted by Crippen LogP contribution is -2.17. The third kappa shape index (κ3) is 4.59. The number of ether oxygens (including phenoxy) is 2. The molecule has 6 nitrogen and oxygen atoms in total. The summed E-state index contributed by atoms with van der Waals surface area (Å²) in [7, 11) is 0. The predicted molar refractivity (Wildman–Crippen MR) is 87.4 cm³/mol. The molecule has 0 spiro atoms. The first kappa shape index (κ1) is 17.1. The van der Waals surface area contributed by atoms with Gasteiger partial charge in [0.25, 0.3) is 0 Å². The molecule has 122 valence electrons. The topological polar surface area (TPSA) is 70.4 Å². The second-order valence-electron chi connectivity index (χ2n) is 4.65. The number of benzene rings is 1. The van der Waals surface area contributed by atoms with Gasteiger partial charge in [0.05, 0.1) is 18.6 Å². The van der Waals surface area contributed by atoms with Crippen molar-refractivity contribution in [3.05, 3.63) is 54.1 Å². The summed E-state index contributed by atoms with van der Waals surface area (Å²) in [4.78, 5) is 27.3. The van der Waals surface area contributed by atoms with Crippen molar-refractivity contribution in [2.75, 3.05) is 12.5 Å². The van der Waals surface area contributed by atoms with E-state index in [0.717, 1.165) is 17.3 Å². The molecule has 0 amide bonds. The Kier molecular flexibility index (Phi) is 6.22. The van der Waals surface area contributed by atoms with Crippen molar-refractivity contribution in [2.45, 2.75) is 19.9 Å². The van der Waals surface area contributed by atoms with E-state index in [1.54, 1.807) is 10.9 Å². The molecule has 2 aromatic rings. The van der Waals surface area contributed by atoms with E-state index >= 15 is 0 Å². The second kappa shape index (κ2) is 8.38. The third-order valence-corrected chi connectivity index (χ3v) is 3.85. The average molecular weight is 334 g/mol. The van der Waals surface area contributed by atoms with Crippen molar-refractivity contribution in [3.63, 3.8) is 0 Å². The smallest absolute Gasteiger partial charge is 0.370 e. The Bertz CT molecular complexity index is 657. The van der Waals surface area contributed by atoms with Crippen molar-refractivity contribution in [1.82, 2.24) is 9.55 Å². The van der Waals surface area contributed by atoms with Crippen molar-refractivity contribution in [3.8, 4) is 0 Å². The van der Waals surface area contributed by atoms with Gasteiger partial charge in [-0.3, -0.25) is 0 Å². The monoisotopic (exact) mass is 334 g/mol. The number of nitrogens with zero attached hydrogens (tertiary/aromatic N) is 2. The molecule has 1 unspecified atom stereocenters. The molecule has 0 radical (unpaired) electrons. The number of hydrogen-bond acceptors (Lipinski definition) is 6. The summed E-state index contributed by atoms with van der Waals surface area (Å²) in [6, 6.07) is 9.69. The van der Waals surface area contributed by atoms with Crippen LogP contribution in [-0.2, 0) is 9.47 Å². The van der Waals surface area contributed by atoms with E-state index in [1.165, 1.54) is 6.20 Å². The average Bonchev–Trinajstić information content (AvgIpc) is 3.05. The highest BCUT2D eigenvalue weighted by molar-refractivity contribution is 8.13. The van der Waals surface area contributed by atoms with Gasteiger partial charge in [-0.15, -0.1) is 0 Å². The Hall–Kier alpha value is -2.28. The molecule has 0 saturated heterocycles. The van der Waals surface area contributed by atoms with Gasteiger partial charge in [0.2, 0.25) is 6.79 Å². The quantitative estimate of drug-likeness (QED) is 0.595. The maximum atomic E-state index is 12.1. The van der Waals surface area contributed by atoms with Gasteiger partial charge in [0.15, 0.2) is 0 Å². The number of carbonyl (C=O) groups is 2. The number of carbonyl (C=O) groups excluding carboxylic acids is 2. The number of imidazole rings is 1. The summed E-state index contributed by atoms with van der Waals surface area (Å²) in [5.41, 5.74) is 1.35. The standard InChI is InChI=1S/C16H18N2O4S/c1-3-23-16(20)22-11-21-15(19)14-9-17-10-18(14)12(2)13-7-5-4-6-8-13/h4-10,12H,3,11H2,1-2H3. The maximum Gasteiger partial charge on any atom is 0.370 e. The molecule has 2 rings (SSSR count). The fourth-order valence-electron chi connectivity index (χ4n) is 2.03. The molecule has 7 heteroatoms. The SMILES string of the molecule is CCSC(=O)OCOC(=O)c1cncn1C(C)c1ccccc1. The molecule has 1 aromatic heterocycles. The van der Waals surface area contributed by atoms with Gasteiger partial charge in [-0.1, -0.05) is 37.3 Å². The van der Waals surface area contributed by atoms with Gasteiger partial charge in [-0.05, 0) is 24.2 Å². The lowest BCUT2D eigenvalue weighted by atomic mass is 10.1. The molecule has 0 fully saturated rings. The normalized spacial score (nSPS) is 11.7. The van der Waals surface area contributed by atoms with Gasteiger partial charge in [-0.25, -0.2) is 14.6 Å². The molecular formula is C16H18N2O4S. The number of aromatic nitrogens is 2. The zero-order chi connectivity index (χ0) is 16.7. The van der Waals surface area contributed by atoms with E-state index in [0.29, 0.717) is 11.4 Å². The first-order chi connectivity index (χ1) is 11.1. The van der Waals surface area contributed by atoms with Crippen LogP contribution in [-0.4, -0.2) is 33.4 Å². The summed E-state index contributed by atoms with van der Waals surface area (Å²) in [6.07, 6.45) is 3.01. The summed E-state index contributed by atoms with van der Waals surface area (Å²) in [5, 5.41) is -0.466. The summed E-state index contributed by atoms with van der Waals surface area (Å²) >= 11 is 1.02. The number of rotatable bonds is 6. The Morgan fingerprint density at radius 1 is 1.26 bits per heavy atom. The molecule has 0 aliphatic rings. The van der Waals surface area contributed by atoms with Crippen LogP contribution in [0.4, 0.5) is 4.79 Å². The fraction of sp³-hybridized carbons (Fsp3) is 0.312. The van der Waals surface area contributed by atoms with Crippen LogP contribution in [0.2, 0.25) is 0 Å². The van der Waals surface area contributed by atoms with Crippen LogP contribution in [0.25, 0.3) is 0 Å². The molecule has 1 atom stereocenters. The van der Waals surface area contributed by atoms with Gasteiger partial charge in [-0.2, -0.15) is 0 Å². The molecule has 0 aliphatic carbocycles. The zero-order valence-electron chi connectivity index (χ0n) is 13.0. The van der Waals surface area contributed by atoms with Crippen molar-refractivity contribution in [2.24, 2.45) is 0 Å². The minimum absolute atomic E-state index is 0.0700. The van der Waals surface area contributed by atoms with Gasteiger partial charge in [0.1, 0.15) is 5.69 Å². The van der Waals surface area contributed by atoms with Crippen LogP contribution in [0, 0.1) is 0 Å². The molecule has 1 aromatic carbocycles. The fourth-order valence-corrected chi connectivity index (χ4v) is 2.40. The highest BCUT2D eigenvalue weighted by Crippen LogP contribution is 2.19. The van der Waals surface area contributed by atoms with E-state index < -0.39 is 18.1 Å². The van der Waals surface area contributed by atoms with Crippen LogP contribution in [0.15, 0.2) is 42.9 Å². The molecule has 0 saturated carbocycles. The molecular weight excluding hydrogens is 316 g/mol. The Morgan fingerprint density at radius 2 is 2.00 bits per heavy atom. The number of esters is 1. The maximum absolute atomic E-state index is 12.1. The molecule has 23 heavy (non-hydrogen) atoms. The third-order valence-electron chi connectivity index (χ3n) is 3.20. The van der Waals surface area contributed by atoms with Crippen LogP contribution in [0.3, 0.4) is 0 Å². The van der Waals surface area contributed by atoms with E-state index in [9.17, 15) is 9.59 Å². The molecule has 0 bridgehead atoms. The zero-order valence-corrected chi connectivity index (χ0v) is 13.8. The first-order valence-corrected chi connectivity index (χ1v) is 8.15. The molecule has 0 N–H and O–H groups in total. The van der Waals surface area contributed by atoms with E-state index in [4.69, 9.17) is 9.47 Å². The van der Waals surface area contributed by atoms with Gasteiger partial charge >= 0.3 is 11.3 Å². The molecule has 0 aliphatic heterocycles. The first-order valence-electron chi connectivity index (χ1n) is 7.17. The molecule has 1 heterocycles. The second-order valence-corrected chi connectivity index (χ2v) is 5.85. The van der Waals surface area contributed by atoms with Crippen LogP contribution in [0.5, 0.6) is 0 Å². The minimum Gasteiger partial charge on any atom is -0.423 e. The van der Waals surface area contributed by atoms with E-state index in [2.05, 4.69) is 4.98 Å². The summed E-state index contributed by atoms with van der Waals surface area (Å²) in [6.45, 7) is 3.39. The van der Waals surface area contributed by atoms with E-state index in [1.807, 2.05) is 44.2 Å². The highest BCUT2D eigenvalue weighted by Gasteiger charge is 2.18. The number of thioether (sulfide) groups is 1. The largest absolute Gasteiger partial charge is 0.423 e. The van der Waals surface area contributed by atoms with Crippen molar-refractivity contribution in [1.29, 1.82) is 0 Å². The Morgan fingerprint density at radius 3 is 2.70 bits per heavy atom. The van der Waals surface area contributed by atoms with Crippen molar-refractivity contribution >= 4 is 23.0 Å². The van der Waals surface area contributed by atoms with Crippen LogP contribution in [0.1, 0.15) is 35.9 Å². The highest BCUT2D eigenvalue weighted by atomic mass is 32.2.